The molecule has 0 bridgehead atoms. The number of hydrogen-bond donors (Lipinski definition) is 1. The van der Waals surface area contributed by atoms with Gasteiger partial charge < -0.3 is 9.84 Å². The lowest BCUT2D eigenvalue weighted by molar-refractivity contribution is 0.0699. The standard InChI is InChI=1S/C10H7BrO3S/c1-14-8-6-3-2-5(11)4-7(6)15-9(8)10(12)13/h2-4H,1H3,(H,12,13). The second kappa shape index (κ2) is 3.83. The van der Waals surface area contributed by atoms with E-state index < -0.39 is 5.97 Å². The molecule has 1 aromatic heterocycles. The lowest BCUT2D eigenvalue weighted by Crippen LogP contribution is -1.95. The van der Waals surface area contributed by atoms with Crippen molar-refractivity contribution in [2.75, 3.05) is 7.11 Å². The molecule has 1 aromatic carbocycles. The van der Waals surface area contributed by atoms with E-state index in [2.05, 4.69) is 15.9 Å². The zero-order valence-electron chi connectivity index (χ0n) is 7.78. The first-order valence-corrected chi connectivity index (χ1v) is 5.73. The number of ether oxygens (including phenoxy) is 1. The molecule has 15 heavy (non-hydrogen) atoms. The fourth-order valence-corrected chi connectivity index (χ4v) is 2.95. The van der Waals surface area contributed by atoms with Gasteiger partial charge in [-0.25, -0.2) is 4.79 Å². The van der Waals surface area contributed by atoms with Crippen LogP contribution in [0.15, 0.2) is 22.7 Å². The number of aromatic carboxylic acids is 1. The molecule has 1 N–H and O–H groups in total. The third-order valence-electron chi connectivity index (χ3n) is 2.00. The zero-order valence-corrected chi connectivity index (χ0v) is 10.2. The van der Waals surface area contributed by atoms with E-state index in [-0.39, 0.29) is 4.88 Å². The molecule has 78 valence electrons. The van der Waals surface area contributed by atoms with Crippen molar-refractivity contribution in [2.24, 2.45) is 0 Å². The van der Waals surface area contributed by atoms with Gasteiger partial charge in [0.2, 0.25) is 0 Å². The minimum atomic E-state index is -0.954. The highest BCUT2D eigenvalue weighted by Crippen LogP contribution is 2.38. The number of carboxylic acid groups (broad SMARTS) is 1. The summed E-state index contributed by atoms with van der Waals surface area (Å²) in [6, 6.07) is 5.60. The highest BCUT2D eigenvalue weighted by molar-refractivity contribution is 9.10. The molecule has 5 heteroatoms. The minimum absolute atomic E-state index is 0.241. The summed E-state index contributed by atoms with van der Waals surface area (Å²) < 4.78 is 6.94. The van der Waals surface area contributed by atoms with Crippen LogP contribution in [0.3, 0.4) is 0 Å². The number of benzene rings is 1. The van der Waals surface area contributed by atoms with Gasteiger partial charge >= 0.3 is 5.97 Å². The van der Waals surface area contributed by atoms with Crippen molar-refractivity contribution in [2.45, 2.75) is 0 Å². The Morgan fingerprint density at radius 1 is 1.53 bits per heavy atom. The van der Waals surface area contributed by atoms with Gasteiger partial charge in [0.25, 0.3) is 0 Å². The third-order valence-corrected chi connectivity index (χ3v) is 3.62. The number of thiophene rings is 1. The topological polar surface area (TPSA) is 46.5 Å². The largest absolute Gasteiger partial charge is 0.494 e. The van der Waals surface area contributed by atoms with Gasteiger partial charge in [-0.05, 0) is 18.2 Å². The Morgan fingerprint density at radius 3 is 2.87 bits per heavy atom. The molecule has 0 saturated carbocycles. The van der Waals surface area contributed by atoms with E-state index in [1.165, 1.54) is 18.4 Å². The molecule has 0 radical (unpaired) electrons. The monoisotopic (exact) mass is 286 g/mol. The fourth-order valence-electron chi connectivity index (χ4n) is 1.39. The lowest BCUT2D eigenvalue weighted by atomic mass is 10.2. The molecule has 3 nitrogen and oxygen atoms in total. The maximum absolute atomic E-state index is 11.0. The van der Waals surface area contributed by atoms with Crippen molar-refractivity contribution in [3.63, 3.8) is 0 Å². The Hall–Kier alpha value is -1.07. The van der Waals surface area contributed by atoms with E-state index in [0.29, 0.717) is 5.75 Å². The van der Waals surface area contributed by atoms with Gasteiger partial charge in [0, 0.05) is 14.6 Å². The Labute approximate surface area is 98.4 Å². The van der Waals surface area contributed by atoms with Crippen molar-refractivity contribution in [3.8, 4) is 5.75 Å². The first-order chi connectivity index (χ1) is 7.13. The van der Waals surface area contributed by atoms with Crippen molar-refractivity contribution in [1.29, 1.82) is 0 Å². The number of carbonyl (C=O) groups is 1. The van der Waals surface area contributed by atoms with E-state index in [1.54, 1.807) is 0 Å². The normalized spacial score (nSPS) is 10.5. The second-order valence-electron chi connectivity index (χ2n) is 2.91. The van der Waals surface area contributed by atoms with Crippen LogP contribution >= 0.6 is 27.3 Å². The van der Waals surface area contributed by atoms with Gasteiger partial charge in [-0.1, -0.05) is 15.9 Å². The van der Waals surface area contributed by atoms with Crippen LogP contribution in [0.4, 0.5) is 0 Å². The van der Waals surface area contributed by atoms with Crippen LogP contribution in [-0.2, 0) is 0 Å². The second-order valence-corrected chi connectivity index (χ2v) is 4.88. The number of rotatable bonds is 2. The van der Waals surface area contributed by atoms with Crippen molar-refractivity contribution in [1.82, 2.24) is 0 Å². The Balaban J connectivity index is 2.78. The predicted molar refractivity (Wildman–Crippen MR) is 63.0 cm³/mol. The number of methoxy groups -OCH3 is 1. The average Bonchev–Trinajstić information content (AvgIpc) is 2.55. The molecule has 2 aromatic rings. The minimum Gasteiger partial charge on any atom is -0.494 e. The van der Waals surface area contributed by atoms with Gasteiger partial charge in [-0.2, -0.15) is 0 Å². The van der Waals surface area contributed by atoms with Crippen LogP contribution in [0.5, 0.6) is 5.75 Å². The highest BCUT2D eigenvalue weighted by Gasteiger charge is 2.18. The Kier molecular flexibility index (Phi) is 2.67. The molecule has 0 unspecified atom stereocenters. The molecule has 0 aliphatic rings. The van der Waals surface area contributed by atoms with Gasteiger partial charge in [0.1, 0.15) is 0 Å². The van der Waals surface area contributed by atoms with E-state index >= 15 is 0 Å². The summed E-state index contributed by atoms with van der Waals surface area (Å²) in [7, 11) is 1.48. The molecule has 0 amide bonds. The summed E-state index contributed by atoms with van der Waals surface area (Å²) in [6.45, 7) is 0. The lowest BCUT2D eigenvalue weighted by Gasteiger charge is -1.98. The number of hydrogen-bond acceptors (Lipinski definition) is 3. The summed E-state index contributed by atoms with van der Waals surface area (Å²) in [5, 5.41) is 9.82. The summed E-state index contributed by atoms with van der Waals surface area (Å²) >= 11 is 4.56. The van der Waals surface area contributed by atoms with E-state index in [4.69, 9.17) is 9.84 Å². The summed E-state index contributed by atoms with van der Waals surface area (Å²) in [5.41, 5.74) is 0. The number of fused-ring (bicyclic) bond motifs is 1. The van der Waals surface area contributed by atoms with E-state index in [0.717, 1.165) is 14.6 Å². The summed E-state index contributed by atoms with van der Waals surface area (Å²) in [4.78, 5) is 11.2. The third kappa shape index (κ3) is 1.72. The van der Waals surface area contributed by atoms with Gasteiger partial charge in [-0.15, -0.1) is 11.3 Å². The quantitative estimate of drug-likeness (QED) is 0.921. The molecule has 0 fully saturated rings. The zero-order chi connectivity index (χ0) is 11.0. The number of halogens is 1. The number of carboxylic acids is 1. The van der Waals surface area contributed by atoms with Crippen LogP contribution in [-0.4, -0.2) is 18.2 Å². The predicted octanol–water partition coefficient (Wildman–Crippen LogP) is 3.37. The smallest absolute Gasteiger partial charge is 0.349 e. The van der Waals surface area contributed by atoms with E-state index in [1.807, 2.05) is 18.2 Å². The van der Waals surface area contributed by atoms with Crippen LogP contribution in [0.25, 0.3) is 10.1 Å². The molecular weight excluding hydrogens is 280 g/mol. The van der Waals surface area contributed by atoms with Gasteiger partial charge in [-0.3, -0.25) is 0 Å². The van der Waals surface area contributed by atoms with Crippen LogP contribution in [0.1, 0.15) is 9.67 Å². The van der Waals surface area contributed by atoms with Crippen molar-refractivity contribution in [3.05, 3.63) is 27.5 Å². The molecule has 1 heterocycles. The van der Waals surface area contributed by atoms with Gasteiger partial charge in [0.15, 0.2) is 10.6 Å². The maximum atomic E-state index is 11.0. The first kappa shape index (κ1) is 10.4. The van der Waals surface area contributed by atoms with Crippen LogP contribution in [0.2, 0.25) is 0 Å². The van der Waals surface area contributed by atoms with E-state index in [9.17, 15) is 4.79 Å². The Bertz CT molecular complexity index is 533. The fraction of sp³-hybridized carbons (Fsp3) is 0.100. The molecule has 0 atom stereocenters. The summed E-state index contributed by atoms with van der Waals surface area (Å²) in [6.07, 6.45) is 0. The SMILES string of the molecule is COc1c(C(=O)O)sc2cc(Br)ccc12. The molecule has 2 rings (SSSR count). The van der Waals surface area contributed by atoms with Gasteiger partial charge in [0.05, 0.1) is 7.11 Å². The molecule has 0 spiro atoms. The molecule has 0 saturated heterocycles. The van der Waals surface area contributed by atoms with Crippen LogP contribution < -0.4 is 4.74 Å². The Morgan fingerprint density at radius 2 is 2.27 bits per heavy atom. The highest BCUT2D eigenvalue weighted by atomic mass is 79.9. The van der Waals surface area contributed by atoms with Crippen molar-refractivity contribution >= 4 is 43.3 Å². The van der Waals surface area contributed by atoms with Crippen molar-refractivity contribution < 1.29 is 14.6 Å². The summed E-state index contributed by atoms with van der Waals surface area (Å²) in [5.74, 6) is -0.515. The average molecular weight is 287 g/mol. The molecule has 0 aliphatic carbocycles. The first-order valence-electron chi connectivity index (χ1n) is 4.13. The molecule has 0 aliphatic heterocycles. The maximum Gasteiger partial charge on any atom is 0.349 e. The van der Waals surface area contributed by atoms with Crippen LogP contribution in [0, 0.1) is 0 Å². The molecular formula is C10H7BrO3S.